The fraction of sp³-hybridized carbons (Fsp3) is 0.686. The second-order valence-corrected chi connectivity index (χ2v) is 15.3. The highest BCUT2D eigenvalue weighted by Gasteiger charge is 2.93. The molecule has 3 aliphatic carbocycles. The maximum atomic E-state index is 14.2. The predicted molar refractivity (Wildman–Crippen MR) is 161 cm³/mol. The van der Waals surface area contributed by atoms with Gasteiger partial charge in [0.05, 0.1) is 30.4 Å². The van der Waals surface area contributed by atoms with Gasteiger partial charge in [0.2, 0.25) is 6.29 Å². The summed E-state index contributed by atoms with van der Waals surface area (Å²) in [6, 6.07) is 5.96. The highest BCUT2D eigenvalue weighted by Crippen LogP contribution is 2.82. The molecule has 13 atom stereocenters. The van der Waals surface area contributed by atoms with Crippen LogP contribution in [0, 0.1) is 28.6 Å². The summed E-state index contributed by atoms with van der Waals surface area (Å²) in [5.74, 6) is -1.89. The Morgan fingerprint density at radius 3 is 2.38 bits per heavy atom. The lowest BCUT2D eigenvalue weighted by molar-refractivity contribution is -0.285. The highest BCUT2D eigenvalue weighted by molar-refractivity contribution is 6.03. The fourth-order valence-corrected chi connectivity index (χ4v) is 10.3. The molecule has 0 amide bonds. The Hall–Kier alpha value is -2.91. The summed E-state index contributed by atoms with van der Waals surface area (Å²) in [7, 11) is 0. The van der Waals surface area contributed by atoms with Crippen molar-refractivity contribution < 1.29 is 63.2 Å². The van der Waals surface area contributed by atoms with Crippen molar-refractivity contribution in [2.75, 3.05) is 19.8 Å². The van der Waals surface area contributed by atoms with Gasteiger partial charge in [-0.15, -0.1) is 0 Å². The van der Waals surface area contributed by atoms with Gasteiger partial charge >= 0.3 is 17.9 Å². The number of aliphatic hydroxyl groups is 4. The van der Waals surface area contributed by atoms with Crippen LogP contribution in [-0.4, -0.2) is 112 Å². The summed E-state index contributed by atoms with van der Waals surface area (Å²) in [5.41, 5.74) is -1.13. The lowest BCUT2D eigenvalue weighted by Gasteiger charge is -2.61. The molecule has 13 nitrogen and oxygen atoms in total. The second kappa shape index (κ2) is 10.5. The zero-order chi connectivity index (χ0) is 34.1. The average molecular weight is 671 g/mol. The molecule has 2 saturated carbocycles. The SMILES string of the molecule is CC(C)[C@]12C[C@H]1[C@@H]1O[C@@]13[C@@]1(C)CCC4=C(COC4=O)[C@@H]1CO[C@]3(C)[C@@H]2OC(=O)c1ccccc1C(=O)OC1OC(CO)C(O)C(O)C1O. The molecule has 0 bridgehead atoms. The molecule has 1 aromatic rings. The molecule has 4 aliphatic heterocycles. The van der Waals surface area contributed by atoms with Crippen molar-refractivity contribution >= 4 is 17.9 Å². The zero-order valence-electron chi connectivity index (χ0n) is 27.3. The molecule has 4 heterocycles. The average Bonchev–Trinajstić information content (AvgIpc) is 3.97. The fourth-order valence-electron chi connectivity index (χ4n) is 10.3. The van der Waals surface area contributed by atoms with Crippen LogP contribution in [0.5, 0.6) is 0 Å². The van der Waals surface area contributed by atoms with Crippen LogP contribution in [0.1, 0.15) is 67.7 Å². The van der Waals surface area contributed by atoms with Crippen LogP contribution in [0.25, 0.3) is 0 Å². The van der Waals surface area contributed by atoms with E-state index in [9.17, 15) is 34.8 Å². The summed E-state index contributed by atoms with van der Waals surface area (Å²) in [5, 5.41) is 40.2. The molecule has 1 aromatic carbocycles. The van der Waals surface area contributed by atoms with Gasteiger partial charge in [0, 0.05) is 22.3 Å². The molecule has 0 radical (unpaired) electrons. The Labute approximate surface area is 277 Å². The molecule has 13 heteroatoms. The first-order chi connectivity index (χ1) is 22.8. The molecule has 5 unspecified atom stereocenters. The number of fused-ring (bicyclic) bond motifs is 4. The minimum absolute atomic E-state index is 0.0753. The Morgan fingerprint density at radius 1 is 1.02 bits per heavy atom. The minimum atomic E-state index is -1.80. The summed E-state index contributed by atoms with van der Waals surface area (Å²) in [4.78, 5) is 40.2. The van der Waals surface area contributed by atoms with Crippen molar-refractivity contribution in [2.24, 2.45) is 28.6 Å². The lowest BCUT2D eigenvalue weighted by atomic mass is 9.49. The summed E-state index contributed by atoms with van der Waals surface area (Å²) in [6.07, 6.45) is -6.92. The molecular formula is C35H42O13. The van der Waals surface area contributed by atoms with Gasteiger partial charge in [-0.2, -0.15) is 0 Å². The van der Waals surface area contributed by atoms with E-state index in [1.165, 1.54) is 12.1 Å². The number of carbonyl (C=O) groups excluding carboxylic acids is 3. The van der Waals surface area contributed by atoms with E-state index in [4.69, 9.17) is 28.4 Å². The summed E-state index contributed by atoms with van der Waals surface area (Å²) < 4.78 is 36.3. The van der Waals surface area contributed by atoms with Crippen molar-refractivity contribution in [3.8, 4) is 0 Å². The smallest absolute Gasteiger partial charge is 0.341 e. The number of hydrogen-bond acceptors (Lipinski definition) is 13. The standard InChI is InChI=1S/C35H42O13/c1-15(2)34-11-20(34)26-35(48-26)32(3)10-9-18-19(13-43-27(18)40)21(32)14-44-33(35,4)31(34)47-29(42)17-8-6-5-7-16(17)28(41)46-30-25(39)24(38)23(37)22(12-36)45-30/h5-8,15,20-26,30-31,36-39H,9-14H2,1-4H3/t20-,21-,22?,23?,24?,25?,26-,30?,31-,32-,33+,34+,35+/m0/s1. The monoisotopic (exact) mass is 670 g/mol. The number of benzene rings is 1. The van der Waals surface area contributed by atoms with Gasteiger partial charge in [-0.1, -0.05) is 32.9 Å². The van der Waals surface area contributed by atoms with Crippen molar-refractivity contribution in [2.45, 2.75) is 101 Å². The van der Waals surface area contributed by atoms with E-state index in [0.717, 1.165) is 17.6 Å². The van der Waals surface area contributed by atoms with Crippen LogP contribution in [-0.2, 0) is 33.2 Å². The van der Waals surface area contributed by atoms with E-state index < -0.39 is 77.4 Å². The van der Waals surface area contributed by atoms with Crippen molar-refractivity contribution in [3.63, 3.8) is 0 Å². The molecule has 8 rings (SSSR count). The van der Waals surface area contributed by atoms with E-state index in [-0.39, 0.29) is 47.6 Å². The predicted octanol–water partition coefficient (Wildman–Crippen LogP) is 1.04. The number of cyclic esters (lactones) is 1. The van der Waals surface area contributed by atoms with E-state index in [0.29, 0.717) is 19.4 Å². The van der Waals surface area contributed by atoms with Crippen LogP contribution in [0.2, 0.25) is 0 Å². The van der Waals surface area contributed by atoms with Gasteiger partial charge in [-0.05, 0) is 55.7 Å². The first-order valence-corrected chi connectivity index (χ1v) is 16.8. The number of ether oxygens (including phenoxy) is 6. The van der Waals surface area contributed by atoms with Crippen LogP contribution in [0.3, 0.4) is 0 Å². The van der Waals surface area contributed by atoms with E-state index in [1.54, 1.807) is 12.1 Å². The van der Waals surface area contributed by atoms with Gasteiger partial charge in [0.15, 0.2) is 0 Å². The molecule has 1 spiro atoms. The van der Waals surface area contributed by atoms with E-state index in [2.05, 4.69) is 20.8 Å². The number of hydrogen-bond donors (Lipinski definition) is 4. The molecule has 4 N–H and O–H groups in total. The van der Waals surface area contributed by atoms with Crippen molar-refractivity contribution in [1.82, 2.24) is 0 Å². The normalized spacial score (nSPS) is 46.8. The van der Waals surface area contributed by atoms with Crippen LogP contribution in [0.4, 0.5) is 0 Å². The second-order valence-electron chi connectivity index (χ2n) is 15.3. The van der Waals surface area contributed by atoms with Crippen molar-refractivity contribution in [1.29, 1.82) is 0 Å². The number of rotatable bonds is 6. The molecular weight excluding hydrogens is 628 g/mol. The molecule has 48 heavy (non-hydrogen) atoms. The quantitative estimate of drug-likeness (QED) is 0.191. The Kier molecular flexibility index (Phi) is 7.10. The third kappa shape index (κ3) is 3.95. The first kappa shape index (κ1) is 32.3. The van der Waals surface area contributed by atoms with E-state index in [1.807, 2.05) is 6.92 Å². The minimum Gasteiger partial charge on any atom is -0.458 e. The number of esters is 3. The lowest BCUT2D eigenvalue weighted by Crippen LogP contribution is -2.73. The van der Waals surface area contributed by atoms with E-state index >= 15 is 0 Å². The van der Waals surface area contributed by atoms with Gasteiger partial charge in [-0.3, -0.25) is 0 Å². The maximum absolute atomic E-state index is 14.2. The van der Waals surface area contributed by atoms with Gasteiger partial charge in [0.25, 0.3) is 0 Å². The van der Waals surface area contributed by atoms with Gasteiger partial charge < -0.3 is 48.8 Å². The molecule has 7 aliphatic rings. The third-order valence-corrected chi connectivity index (χ3v) is 13.1. The van der Waals surface area contributed by atoms with Crippen molar-refractivity contribution in [3.05, 3.63) is 46.5 Å². The Bertz CT molecular complexity index is 1600. The third-order valence-electron chi connectivity index (χ3n) is 13.1. The van der Waals surface area contributed by atoms with Crippen LogP contribution >= 0.6 is 0 Å². The maximum Gasteiger partial charge on any atom is 0.341 e. The Balaban J connectivity index is 1.10. The topological polar surface area (TPSA) is 191 Å². The van der Waals surface area contributed by atoms with Gasteiger partial charge in [0.1, 0.15) is 48.3 Å². The summed E-state index contributed by atoms with van der Waals surface area (Å²) >= 11 is 0. The van der Waals surface area contributed by atoms with Gasteiger partial charge in [-0.25, -0.2) is 14.4 Å². The summed E-state index contributed by atoms with van der Waals surface area (Å²) in [6.45, 7) is 8.27. The van der Waals surface area contributed by atoms with Crippen LogP contribution in [0.15, 0.2) is 35.4 Å². The highest BCUT2D eigenvalue weighted by atomic mass is 16.7. The number of aliphatic hydroxyl groups excluding tert-OH is 4. The molecule has 3 saturated heterocycles. The first-order valence-electron chi connectivity index (χ1n) is 16.8. The van der Waals surface area contributed by atoms with Crippen LogP contribution < -0.4 is 0 Å². The largest absolute Gasteiger partial charge is 0.458 e. The molecule has 260 valence electrons. The zero-order valence-corrected chi connectivity index (χ0v) is 27.3. The Morgan fingerprint density at radius 2 is 1.71 bits per heavy atom. The molecule has 5 fully saturated rings. The number of epoxide rings is 1. The molecule has 0 aromatic heterocycles. The number of carbonyl (C=O) groups is 3.